The van der Waals surface area contributed by atoms with Crippen LogP contribution < -0.4 is 10.6 Å². The second kappa shape index (κ2) is 7.17. The zero-order valence-electron chi connectivity index (χ0n) is 14.0. The molecule has 1 aromatic carbocycles. The summed E-state index contributed by atoms with van der Waals surface area (Å²) in [5.41, 5.74) is 3.66. The van der Waals surface area contributed by atoms with Crippen LogP contribution in [0.2, 0.25) is 0 Å². The molecular weight excluding hydrogens is 300 g/mol. The minimum atomic E-state index is -0.151. The Bertz CT molecular complexity index is 838. The van der Waals surface area contributed by atoms with Crippen molar-refractivity contribution in [3.05, 3.63) is 60.0 Å². The van der Waals surface area contributed by atoms with Crippen LogP contribution in [0, 0.1) is 0 Å². The van der Waals surface area contributed by atoms with Gasteiger partial charge < -0.3 is 15.6 Å². The Balaban J connectivity index is 1.59. The largest absolute Gasteiger partial charge is 0.383 e. The van der Waals surface area contributed by atoms with Crippen LogP contribution in [0.25, 0.3) is 10.9 Å². The second-order valence-electron chi connectivity index (χ2n) is 6.09. The SMILES string of the molecule is CC(C)Nc1ccnc(C(=O)NCCc2c[nH]c3ccccc23)c1. The summed E-state index contributed by atoms with van der Waals surface area (Å²) in [4.78, 5) is 19.7. The number of amides is 1. The lowest BCUT2D eigenvalue weighted by Gasteiger charge is -2.10. The Morgan fingerprint density at radius 1 is 1.25 bits per heavy atom. The maximum atomic E-state index is 12.3. The number of anilines is 1. The molecule has 3 N–H and O–H groups in total. The van der Waals surface area contributed by atoms with Crippen LogP contribution in [0.1, 0.15) is 29.9 Å². The highest BCUT2D eigenvalue weighted by atomic mass is 16.1. The normalized spacial score (nSPS) is 11.0. The van der Waals surface area contributed by atoms with Crippen LogP contribution in [0.3, 0.4) is 0 Å². The molecule has 24 heavy (non-hydrogen) atoms. The first kappa shape index (κ1) is 16.1. The summed E-state index contributed by atoms with van der Waals surface area (Å²) < 4.78 is 0. The molecule has 0 unspecified atom stereocenters. The van der Waals surface area contributed by atoms with Gasteiger partial charge in [0, 0.05) is 41.6 Å². The number of aromatic amines is 1. The van der Waals surface area contributed by atoms with Gasteiger partial charge in [0.15, 0.2) is 0 Å². The van der Waals surface area contributed by atoms with Gasteiger partial charge in [-0.25, -0.2) is 0 Å². The van der Waals surface area contributed by atoms with Gasteiger partial charge in [-0.2, -0.15) is 0 Å². The number of fused-ring (bicyclic) bond motifs is 1. The summed E-state index contributed by atoms with van der Waals surface area (Å²) in [5, 5.41) is 7.42. The number of hydrogen-bond acceptors (Lipinski definition) is 3. The minimum Gasteiger partial charge on any atom is -0.383 e. The number of aromatic nitrogens is 2. The zero-order valence-corrected chi connectivity index (χ0v) is 14.0. The van der Waals surface area contributed by atoms with Gasteiger partial charge in [-0.05, 0) is 44.0 Å². The van der Waals surface area contributed by atoms with E-state index in [2.05, 4.69) is 46.6 Å². The van der Waals surface area contributed by atoms with Crippen molar-refractivity contribution in [1.82, 2.24) is 15.3 Å². The average Bonchev–Trinajstić information content (AvgIpc) is 2.98. The lowest BCUT2D eigenvalue weighted by atomic mass is 10.1. The molecule has 0 bridgehead atoms. The third-order valence-corrected chi connectivity index (χ3v) is 3.80. The summed E-state index contributed by atoms with van der Waals surface area (Å²) in [6, 6.07) is 12.1. The van der Waals surface area contributed by atoms with Crippen molar-refractivity contribution in [3.8, 4) is 0 Å². The van der Waals surface area contributed by atoms with Crippen LogP contribution in [0.4, 0.5) is 5.69 Å². The fourth-order valence-corrected chi connectivity index (χ4v) is 2.72. The van der Waals surface area contributed by atoms with Crippen molar-refractivity contribution in [2.75, 3.05) is 11.9 Å². The molecule has 2 heterocycles. The van der Waals surface area contributed by atoms with Gasteiger partial charge in [-0.3, -0.25) is 9.78 Å². The van der Waals surface area contributed by atoms with Gasteiger partial charge in [-0.1, -0.05) is 18.2 Å². The number of pyridine rings is 1. The molecule has 0 spiro atoms. The maximum absolute atomic E-state index is 12.3. The number of nitrogens with zero attached hydrogens (tertiary/aromatic N) is 1. The molecule has 0 saturated carbocycles. The summed E-state index contributed by atoms with van der Waals surface area (Å²) >= 11 is 0. The molecule has 0 aliphatic carbocycles. The number of carbonyl (C=O) groups excluding carboxylic acids is 1. The number of benzene rings is 1. The Kier molecular flexibility index (Phi) is 4.79. The second-order valence-corrected chi connectivity index (χ2v) is 6.09. The van der Waals surface area contributed by atoms with Gasteiger partial charge in [0.1, 0.15) is 5.69 Å². The predicted molar refractivity (Wildman–Crippen MR) is 97.3 cm³/mol. The van der Waals surface area contributed by atoms with Crippen LogP contribution >= 0.6 is 0 Å². The van der Waals surface area contributed by atoms with Gasteiger partial charge in [0.05, 0.1) is 0 Å². The van der Waals surface area contributed by atoms with E-state index in [4.69, 9.17) is 0 Å². The monoisotopic (exact) mass is 322 g/mol. The lowest BCUT2D eigenvalue weighted by molar-refractivity contribution is 0.0949. The first-order chi connectivity index (χ1) is 11.6. The van der Waals surface area contributed by atoms with Gasteiger partial charge in [0.25, 0.3) is 5.91 Å². The number of hydrogen-bond donors (Lipinski definition) is 3. The highest BCUT2D eigenvalue weighted by Gasteiger charge is 2.09. The van der Waals surface area contributed by atoms with Crippen molar-refractivity contribution in [2.24, 2.45) is 0 Å². The lowest BCUT2D eigenvalue weighted by Crippen LogP contribution is -2.26. The van der Waals surface area contributed by atoms with Crippen molar-refractivity contribution in [1.29, 1.82) is 0 Å². The highest BCUT2D eigenvalue weighted by Crippen LogP contribution is 2.17. The highest BCUT2D eigenvalue weighted by molar-refractivity contribution is 5.93. The molecule has 0 fully saturated rings. The molecule has 5 heteroatoms. The number of para-hydroxylation sites is 1. The van der Waals surface area contributed by atoms with E-state index in [0.29, 0.717) is 18.3 Å². The molecule has 5 nitrogen and oxygen atoms in total. The van der Waals surface area contributed by atoms with E-state index < -0.39 is 0 Å². The van der Waals surface area contributed by atoms with Gasteiger partial charge in [-0.15, -0.1) is 0 Å². The number of H-pyrrole nitrogens is 1. The van der Waals surface area contributed by atoms with Crippen LogP contribution in [-0.2, 0) is 6.42 Å². The molecule has 124 valence electrons. The molecule has 3 aromatic rings. The third-order valence-electron chi connectivity index (χ3n) is 3.80. The van der Waals surface area contributed by atoms with E-state index in [1.807, 2.05) is 24.4 Å². The molecule has 0 atom stereocenters. The molecule has 0 aliphatic rings. The average molecular weight is 322 g/mol. The number of carbonyl (C=O) groups is 1. The molecule has 1 amide bonds. The maximum Gasteiger partial charge on any atom is 0.269 e. The van der Waals surface area contributed by atoms with Crippen LogP contribution in [0.15, 0.2) is 48.8 Å². The van der Waals surface area contributed by atoms with E-state index in [1.54, 1.807) is 12.3 Å². The zero-order chi connectivity index (χ0) is 16.9. The predicted octanol–water partition coefficient (Wildman–Crippen LogP) is 3.36. The number of rotatable bonds is 6. The molecule has 0 saturated heterocycles. The van der Waals surface area contributed by atoms with E-state index >= 15 is 0 Å². The molecular formula is C19H22N4O. The van der Waals surface area contributed by atoms with E-state index in [1.165, 1.54) is 10.9 Å². The fourth-order valence-electron chi connectivity index (χ4n) is 2.72. The Morgan fingerprint density at radius 3 is 2.92 bits per heavy atom. The van der Waals surface area contributed by atoms with Crippen LogP contribution in [0.5, 0.6) is 0 Å². The summed E-state index contributed by atoms with van der Waals surface area (Å²) in [5.74, 6) is -0.151. The summed E-state index contributed by atoms with van der Waals surface area (Å²) in [6.07, 6.45) is 4.43. The summed E-state index contributed by atoms with van der Waals surface area (Å²) in [6.45, 7) is 4.69. The molecule has 3 rings (SSSR count). The quantitative estimate of drug-likeness (QED) is 0.652. The number of nitrogens with one attached hydrogen (secondary N) is 3. The molecule has 2 aromatic heterocycles. The Hall–Kier alpha value is -2.82. The van der Waals surface area contributed by atoms with Crippen molar-refractivity contribution in [2.45, 2.75) is 26.3 Å². The Labute approximate surface area is 141 Å². The fraction of sp³-hybridized carbons (Fsp3) is 0.263. The topological polar surface area (TPSA) is 69.8 Å². The standard InChI is InChI=1S/C19H22N4O/c1-13(2)23-15-8-10-20-18(11-15)19(24)21-9-7-14-12-22-17-6-4-3-5-16(14)17/h3-6,8,10-13,22H,7,9H2,1-2H3,(H,20,23)(H,21,24). The minimum absolute atomic E-state index is 0.151. The first-order valence-electron chi connectivity index (χ1n) is 8.19. The van der Waals surface area contributed by atoms with Crippen LogP contribution in [-0.4, -0.2) is 28.5 Å². The van der Waals surface area contributed by atoms with E-state index in [-0.39, 0.29) is 5.91 Å². The van der Waals surface area contributed by atoms with Crippen molar-refractivity contribution >= 4 is 22.5 Å². The first-order valence-corrected chi connectivity index (χ1v) is 8.19. The van der Waals surface area contributed by atoms with Crippen molar-refractivity contribution < 1.29 is 4.79 Å². The van der Waals surface area contributed by atoms with E-state index in [0.717, 1.165) is 17.6 Å². The Morgan fingerprint density at radius 2 is 2.08 bits per heavy atom. The molecule has 0 aliphatic heterocycles. The van der Waals surface area contributed by atoms with E-state index in [9.17, 15) is 4.79 Å². The van der Waals surface area contributed by atoms with Gasteiger partial charge >= 0.3 is 0 Å². The smallest absolute Gasteiger partial charge is 0.269 e. The third kappa shape index (κ3) is 3.74. The molecule has 0 radical (unpaired) electrons. The van der Waals surface area contributed by atoms with Gasteiger partial charge in [0.2, 0.25) is 0 Å². The summed E-state index contributed by atoms with van der Waals surface area (Å²) in [7, 11) is 0. The van der Waals surface area contributed by atoms with Crippen molar-refractivity contribution in [3.63, 3.8) is 0 Å².